The number of nitrogens with zero attached hydrogens (tertiary/aromatic N) is 3. The topological polar surface area (TPSA) is 94.2 Å². The molecule has 2 heterocycles. The molecule has 0 aliphatic carbocycles. The number of hydrogen-bond acceptors (Lipinski definition) is 7. The van der Waals surface area contributed by atoms with Crippen molar-refractivity contribution in [3.63, 3.8) is 0 Å². The second-order valence-electron chi connectivity index (χ2n) is 11.1. The van der Waals surface area contributed by atoms with Gasteiger partial charge in [-0.3, -0.25) is 4.79 Å². The van der Waals surface area contributed by atoms with Gasteiger partial charge in [-0.1, -0.05) is 26.8 Å². The van der Waals surface area contributed by atoms with Crippen LogP contribution in [0.15, 0.2) is 42.6 Å². The predicted molar refractivity (Wildman–Crippen MR) is 153 cm³/mol. The van der Waals surface area contributed by atoms with E-state index in [2.05, 4.69) is 76.2 Å². The van der Waals surface area contributed by atoms with Gasteiger partial charge in [-0.05, 0) is 79.3 Å². The Hall–Kier alpha value is -3.65. The first-order chi connectivity index (χ1) is 17.5. The van der Waals surface area contributed by atoms with Crippen LogP contribution < -0.4 is 26.2 Å². The van der Waals surface area contributed by atoms with E-state index < -0.39 is 0 Å². The van der Waals surface area contributed by atoms with E-state index in [1.165, 1.54) is 16.7 Å². The van der Waals surface area contributed by atoms with Crippen LogP contribution in [0.1, 0.15) is 61.7 Å². The first-order valence-electron chi connectivity index (χ1n) is 12.9. The Morgan fingerprint density at radius 3 is 2.46 bits per heavy atom. The molecular weight excluding hydrogens is 462 g/mol. The molecule has 0 saturated carbocycles. The van der Waals surface area contributed by atoms with Crippen LogP contribution in [-0.4, -0.2) is 42.6 Å². The number of fused-ring (bicyclic) bond motifs is 1. The lowest BCUT2D eigenvalue weighted by Gasteiger charge is -2.27. The average Bonchev–Trinajstić information content (AvgIpc) is 2.83. The van der Waals surface area contributed by atoms with Gasteiger partial charge in [-0.15, -0.1) is 0 Å². The molecule has 0 spiro atoms. The number of aromatic nitrogens is 2. The highest BCUT2D eigenvalue weighted by atomic mass is 16.1. The van der Waals surface area contributed by atoms with Gasteiger partial charge in [-0.2, -0.15) is 4.98 Å². The summed E-state index contributed by atoms with van der Waals surface area (Å²) in [5.74, 6) is 0.667. The van der Waals surface area contributed by atoms with Crippen molar-refractivity contribution in [2.45, 2.75) is 59.0 Å². The summed E-state index contributed by atoms with van der Waals surface area (Å²) in [5, 5.41) is 13.1. The maximum absolute atomic E-state index is 13.0. The largest absolute Gasteiger partial charge is 0.377 e. The van der Waals surface area contributed by atoms with Crippen LogP contribution in [0, 0.1) is 0 Å². The van der Waals surface area contributed by atoms with E-state index in [0.29, 0.717) is 17.3 Å². The van der Waals surface area contributed by atoms with Gasteiger partial charge in [-0.25, -0.2) is 4.98 Å². The normalized spacial score (nSPS) is 13.2. The number of anilines is 5. The highest BCUT2D eigenvalue weighted by Crippen LogP contribution is 2.34. The third-order valence-corrected chi connectivity index (χ3v) is 6.35. The van der Waals surface area contributed by atoms with Gasteiger partial charge in [0.1, 0.15) is 11.4 Å². The summed E-state index contributed by atoms with van der Waals surface area (Å²) >= 11 is 0. The lowest BCUT2D eigenvalue weighted by atomic mass is 9.85. The monoisotopic (exact) mass is 501 g/mol. The Bertz CT molecular complexity index is 1280. The number of hydrogen-bond donors (Lipinski definition) is 4. The third-order valence-electron chi connectivity index (χ3n) is 6.35. The summed E-state index contributed by atoms with van der Waals surface area (Å²) in [7, 11) is 4.09. The molecule has 0 fully saturated rings. The summed E-state index contributed by atoms with van der Waals surface area (Å²) in [6.45, 7) is 12.3. The zero-order valence-electron chi connectivity index (χ0n) is 23.0. The van der Waals surface area contributed by atoms with Crippen LogP contribution in [0.5, 0.6) is 0 Å². The fourth-order valence-electron chi connectivity index (χ4n) is 4.47. The molecule has 4 rings (SSSR count). The zero-order chi connectivity index (χ0) is 26.7. The second-order valence-corrected chi connectivity index (χ2v) is 11.1. The molecule has 0 bridgehead atoms. The Morgan fingerprint density at radius 1 is 1.03 bits per heavy atom. The average molecular weight is 502 g/mol. The molecule has 1 aliphatic heterocycles. The maximum atomic E-state index is 13.0. The van der Waals surface area contributed by atoms with Gasteiger partial charge in [0, 0.05) is 49.9 Å². The van der Waals surface area contributed by atoms with E-state index in [4.69, 9.17) is 4.98 Å². The van der Waals surface area contributed by atoms with Crippen molar-refractivity contribution >= 4 is 34.7 Å². The Labute approximate surface area is 220 Å². The summed E-state index contributed by atoms with van der Waals surface area (Å²) in [4.78, 5) is 24.3. The highest BCUT2D eigenvalue weighted by molar-refractivity contribution is 5.99. The SMILES string of the molecule is CC(C)NC(=O)c1cnc(Nc2ccc3c(c2)CCNC3)nc1Nc1ccc(N(C)C)c(C(C)(C)C)c1. The van der Waals surface area contributed by atoms with Crippen molar-refractivity contribution in [1.82, 2.24) is 20.6 Å². The molecule has 4 N–H and O–H groups in total. The van der Waals surface area contributed by atoms with Crippen molar-refractivity contribution in [3.8, 4) is 0 Å². The van der Waals surface area contributed by atoms with Gasteiger partial charge >= 0.3 is 0 Å². The summed E-state index contributed by atoms with van der Waals surface area (Å²) in [6.07, 6.45) is 2.57. The van der Waals surface area contributed by atoms with Crippen LogP contribution in [0.4, 0.5) is 28.8 Å². The predicted octanol–water partition coefficient (Wildman–Crippen LogP) is 5.11. The standard InChI is InChI=1S/C29H39N7O/c1-18(2)32-27(37)23-17-31-28(34-21-9-8-20-16-30-13-12-19(20)14-21)35-26(23)33-22-10-11-25(36(6)7)24(15-22)29(3,4)5/h8-11,14-15,17-18,30H,12-13,16H2,1-7H3,(H,32,37)(H2,31,33,34,35). The lowest BCUT2D eigenvalue weighted by molar-refractivity contribution is 0.0943. The fourth-order valence-corrected chi connectivity index (χ4v) is 4.47. The highest BCUT2D eigenvalue weighted by Gasteiger charge is 2.21. The number of carbonyl (C=O) groups is 1. The van der Waals surface area contributed by atoms with Crippen molar-refractivity contribution in [2.24, 2.45) is 0 Å². The van der Waals surface area contributed by atoms with Crippen molar-refractivity contribution < 1.29 is 4.79 Å². The van der Waals surface area contributed by atoms with Crippen molar-refractivity contribution in [3.05, 3.63) is 64.8 Å². The molecule has 37 heavy (non-hydrogen) atoms. The van der Waals surface area contributed by atoms with E-state index >= 15 is 0 Å². The smallest absolute Gasteiger partial charge is 0.256 e. The molecule has 1 amide bonds. The Balaban J connectivity index is 1.69. The molecule has 2 aromatic carbocycles. The summed E-state index contributed by atoms with van der Waals surface area (Å²) in [5.41, 5.74) is 7.12. The van der Waals surface area contributed by atoms with Gasteiger partial charge in [0.2, 0.25) is 5.95 Å². The second kappa shape index (κ2) is 10.8. The van der Waals surface area contributed by atoms with E-state index in [1.54, 1.807) is 6.20 Å². The first kappa shape index (κ1) is 26.4. The molecule has 1 aromatic heterocycles. The molecule has 0 radical (unpaired) electrons. The quantitative estimate of drug-likeness (QED) is 0.357. The minimum absolute atomic E-state index is 0.00463. The maximum Gasteiger partial charge on any atom is 0.256 e. The van der Waals surface area contributed by atoms with Crippen LogP contribution in [0.25, 0.3) is 0 Å². The number of benzene rings is 2. The minimum Gasteiger partial charge on any atom is -0.377 e. The van der Waals surface area contributed by atoms with Gasteiger partial charge in [0.15, 0.2) is 0 Å². The molecule has 8 nitrogen and oxygen atoms in total. The van der Waals surface area contributed by atoms with E-state index in [9.17, 15) is 4.79 Å². The van der Waals surface area contributed by atoms with Crippen LogP contribution in [-0.2, 0) is 18.4 Å². The Morgan fingerprint density at radius 2 is 1.76 bits per heavy atom. The molecular formula is C29H39N7O. The van der Waals surface area contributed by atoms with Crippen molar-refractivity contribution in [1.29, 1.82) is 0 Å². The van der Waals surface area contributed by atoms with Gasteiger partial charge in [0.25, 0.3) is 5.91 Å². The molecule has 0 saturated heterocycles. The number of nitrogens with one attached hydrogen (secondary N) is 4. The molecule has 1 aliphatic rings. The van der Waals surface area contributed by atoms with E-state index in [0.717, 1.165) is 36.6 Å². The van der Waals surface area contributed by atoms with Crippen LogP contribution in [0.2, 0.25) is 0 Å². The molecule has 0 atom stereocenters. The summed E-state index contributed by atoms with van der Waals surface area (Å²) < 4.78 is 0. The lowest BCUT2D eigenvalue weighted by Crippen LogP contribution is -2.31. The molecule has 8 heteroatoms. The van der Waals surface area contributed by atoms with Gasteiger partial charge < -0.3 is 26.2 Å². The van der Waals surface area contributed by atoms with E-state index in [-0.39, 0.29) is 17.4 Å². The molecule has 196 valence electrons. The zero-order valence-corrected chi connectivity index (χ0v) is 23.0. The Kier molecular flexibility index (Phi) is 7.68. The fraction of sp³-hybridized carbons (Fsp3) is 0.414. The first-order valence-corrected chi connectivity index (χ1v) is 12.9. The number of amides is 1. The van der Waals surface area contributed by atoms with Gasteiger partial charge in [0.05, 0.1) is 0 Å². The number of rotatable bonds is 7. The molecule has 3 aromatic rings. The number of carbonyl (C=O) groups excluding carboxylic acids is 1. The van der Waals surface area contributed by atoms with Crippen molar-refractivity contribution in [2.75, 3.05) is 36.2 Å². The van der Waals surface area contributed by atoms with Crippen LogP contribution in [0.3, 0.4) is 0 Å². The van der Waals surface area contributed by atoms with E-state index in [1.807, 2.05) is 40.1 Å². The third kappa shape index (κ3) is 6.38. The minimum atomic E-state index is -0.216. The van der Waals surface area contributed by atoms with Crippen LogP contribution >= 0.6 is 0 Å². The molecule has 0 unspecified atom stereocenters. The summed E-state index contributed by atoms with van der Waals surface area (Å²) in [6, 6.07) is 12.6.